The highest BCUT2D eigenvalue weighted by molar-refractivity contribution is 6.07. The van der Waals surface area contributed by atoms with Gasteiger partial charge in [0.15, 0.2) is 0 Å². The molecule has 3 rings (SSSR count). The Morgan fingerprint density at radius 2 is 1.83 bits per heavy atom. The Bertz CT molecular complexity index is 953. The molecule has 2 atom stereocenters. The van der Waals surface area contributed by atoms with Gasteiger partial charge in [0.1, 0.15) is 5.84 Å². The molecule has 0 fully saturated rings. The van der Waals surface area contributed by atoms with Crippen molar-refractivity contribution >= 4 is 23.4 Å². The van der Waals surface area contributed by atoms with Gasteiger partial charge in [-0.15, -0.1) is 0 Å². The predicted octanol–water partition coefficient (Wildman–Crippen LogP) is 4.00. The number of carboxylic acids is 1. The van der Waals surface area contributed by atoms with Gasteiger partial charge < -0.3 is 15.7 Å². The lowest BCUT2D eigenvalue weighted by Gasteiger charge is -2.30. The van der Waals surface area contributed by atoms with Gasteiger partial charge in [-0.25, -0.2) is 0 Å². The average Bonchev–Trinajstić information content (AvgIpc) is 2.73. The number of fused-ring (bicyclic) bond motifs is 1. The van der Waals surface area contributed by atoms with Crippen molar-refractivity contribution in [1.29, 1.82) is 5.41 Å². The molecule has 2 unspecified atom stereocenters. The molecular formula is C24H29N3O3. The molecule has 6 nitrogen and oxygen atoms in total. The number of nitrogens with zero attached hydrogens (tertiary/aromatic N) is 1. The van der Waals surface area contributed by atoms with Gasteiger partial charge in [0.05, 0.1) is 0 Å². The second kappa shape index (κ2) is 9.11. The molecule has 158 valence electrons. The predicted molar refractivity (Wildman–Crippen MR) is 118 cm³/mol. The number of hydrogen-bond donors (Lipinski definition) is 3. The van der Waals surface area contributed by atoms with Crippen LogP contribution in [-0.2, 0) is 17.6 Å². The number of carbonyl (C=O) groups is 2. The van der Waals surface area contributed by atoms with Gasteiger partial charge in [-0.2, -0.15) is 0 Å². The van der Waals surface area contributed by atoms with Gasteiger partial charge >= 0.3 is 5.97 Å². The van der Waals surface area contributed by atoms with E-state index in [1.54, 1.807) is 17.0 Å². The van der Waals surface area contributed by atoms with Crippen LogP contribution in [0.25, 0.3) is 0 Å². The summed E-state index contributed by atoms with van der Waals surface area (Å²) in [5, 5.41) is 16.7. The molecule has 0 radical (unpaired) electrons. The van der Waals surface area contributed by atoms with E-state index in [4.69, 9.17) is 16.2 Å². The van der Waals surface area contributed by atoms with Crippen molar-refractivity contribution in [2.24, 2.45) is 11.7 Å². The number of nitrogen functional groups attached to an aromatic ring is 1. The monoisotopic (exact) mass is 407 g/mol. The van der Waals surface area contributed by atoms with E-state index in [0.717, 1.165) is 30.5 Å². The molecule has 0 aromatic heterocycles. The number of amides is 1. The van der Waals surface area contributed by atoms with E-state index < -0.39 is 5.97 Å². The third-order valence-corrected chi connectivity index (χ3v) is 5.95. The summed E-state index contributed by atoms with van der Waals surface area (Å²) in [5.74, 6) is -0.741. The molecule has 0 spiro atoms. The summed E-state index contributed by atoms with van der Waals surface area (Å²) in [5.41, 5.74) is 9.83. The Morgan fingerprint density at radius 3 is 2.43 bits per heavy atom. The van der Waals surface area contributed by atoms with E-state index in [0.29, 0.717) is 17.5 Å². The Labute approximate surface area is 177 Å². The largest absolute Gasteiger partial charge is 0.481 e. The fourth-order valence-electron chi connectivity index (χ4n) is 4.08. The molecule has 6 heteroatoms. The summed E-state index contributed by atoms with van der Waals surface area (Å²) in [7, 11) is 0. The van der Waals surface area contributed by atoms with Crippen LogP contribution in [0.3, 0.4) is 0 Å². The number of hydrogen-bond acceptors (Lipinski definition) is 3. The zero-order chi connectivity index (χ0) is 21.8. The first kappa shape index (κ1) is 21.6. The van der Waals surface area contributed by atoms with Crippen molar-refractivity contribution in [1.82, 2.24) is 0 Å². The van der Waals surface area contributed by atoms with Crippen molar-refractivity contribution in [3.8, 4) is 0 Å². The maximum atomic E-state index is 13.5. The number of amidine groups is 1. The maximum Gasteiger partial charge on any atom is 0.303 e. The zero-order valence-electron chi connectivity index (χ0n) is 17.5. The molecule has 4 N–H and O–H groups in total. The lowest BCUT2D eigenvalue weighted by atomic mass is 9.81. The number of carboxylic acid groups (broad SMARTS) is 1. The number of nitrogens with one attached hydrogen (secondary N) is 1. The summed E-state index contributed by atoms with van der Waals surface area (Å²) in [6, 6.07) is 13.0. The lowest BCUT2D eigenvalue weighted by molar-refractivity contribution is -0.138. The van der Waals surface area contributed by atoms with Crippen molar-refractivity contribution in [2.45, 2.75) is 52.0 Å². The minimum absolute atomic E-state index is 0.00327. The van der Waals surface area contributed by atoms with E-state index in [-0.39, 0.29) is 30.1 Å². The first-order chi connectivity index (χ1) is 14.3. The van der Waals surface area contributed by atoms with Crippen LogP contribution in [0.15, 0.2) is 42.5 Å². The lowest BCUT2D eigenvalue weighted by Crippen LogP contribution is -2.38. The van der Waals surface area contributed by atoms with Crippen LogP contribution in [0, 0.1) is 11.3 Å². The molecule has 1 amide bonds. The molecule has 0 saturated heterocycles. The highest BCUT2D eigenvalue weighted by Crippen LogP contribution is 2.30. The summed E-state index contributed by atoms with van der Waals surface area (Å²) in [6.07, 6.45) is 3.38. The highest BCUT2D eigenvalue weighted by atomic mass is 16.4. The third kappa shape index (κ3) is 4.70. The summed E-state index contributed by atoms with van der Waals surface area (Å²) in [6.45, 7) is 4.05. The number of carbonyl (C=O) groups excluding carboxylic acids is 1. The molecule has 2 aromatic carbocycles. The Kier molecular flexibility index (Phi) is 6.55. The number of benzene rings is 2. The van der Waals surface area contributed by atoms with Gasteiger partial charge in [-0.05, 0) is 86.1 Å². The molecule has 0 heterocycles. The molecule has 0 saturated carbocycles. The Morgan fingerprint density at radius 1 is 1.17 bits per heavy atom. The normalized spacial score (nSPS) is 16.4. The molecule has 0 bridgehead atoms. The van der Waals surface area contributed by atoms with Crippen LogP contribution < -0.4 is 10.6 Å². The van der Waals surface area contributed by atoms with Crippen molar-refractivity contribution < 1.29 is 14.7 Å². The Balaban J connectivity index is 1.90. The summed E-state index contributed by atoms with van der Waals surface area (Å²) >= 11 is 0. The Hall–Kier alpha value is -3.15. The van der Waals surface area contributed by atoms with Crippen molar-refractivity contribution in [3.05, 3.63) is 64.7 Å². The number of nitrogens with two attached hydrogens (primary N) is 1. The zero-order valence-corrected chi connectivity index (χ0v) is 17.5. The number of aryl methyl sites for hydroxylation is 1. The number of anilines is 1. The first-order valence-electron chi connectivity index (χ1n) is 10.4. The minimum atomic E-state index is -0.771. The summed E-state index contributed by atoms with van der Waals surface area (Å²) < 4.78 is 0. The molecule has 1 aliphatic carbocycles. The summed E-state index contributed by atoms with van der Waals surface area (Å²) in [4.78, 5) is 26.3. The quantitative estimate of drug-likeness (QED) is 0.476. The van der Waals surface area contributed by atoms with E-state index >= 15 is 0 Å². The molecule has 1 aliphatic rings. The fourth-order valence-corrected chi connectivity index (χ4v) is 4.08. The van der Waals surface area contributed by atoms with Crippen LogP contribution >= 0.6 is 0 Å². The first-order valence-corrected chi connectivity index (χ1v) is 10.4. The van der Waals surface area contributed by atoms with Crippen LogP contribution in [0.1, 0.15) is 60.2 Å². The number of rotatable bonds is 7. The van der Waals surface area contributed by atoms with Crippen LogP contribution in [-0.4, -0.2) is 28.9 Å². The van der Waals surface area contributed by atoms with Gasteiger partial charge in [-0.1, -0.05) is 13.0 Å². The second-order valence-corrected chi connectivity index (χ2v) is 8.08. The van der Waals surface area contributed by atoms with Gasteiger partial charge in [0.25, 0.3) is 5.91 Å². The van der Waals surface area contributed by atoms with Crippen LogP contribution in [0.2, 0.25) is 0 Å². The molecule has 2 aromatic rings. The molecular weight excluding hydrogens is 378 g/mol. The maximum absolute atomic E-state index is 13.5. The highest BCUT2D eigenvalue weighted by Gasteiger charge is 2.25. The van der Waals surface area contributed by atoms with Crippen LogP contribution in [0.5, 0.6) is 0 Å². The standard InChI is InChI=1S/C24H29N3O3/c1-3-15(2)27(21-10-8-18(9-11-21)23(25)26)24(30)19-7-6-17-5-4-16(13-22(28)29)12-20(17)14-19/h6-11,14-16H,3-5,12-13H2,1-2H3,(H3,25,26)(H,28,29). The van der Waals surface area contributed by atoms with E-state index in [2.05, 4.69) is 0 Å². The van der Waals surface area contributed by atoms with E-state index in [1.165, 1.54) is 5.56 Å². The van der Waals surface area contributed by atoms with Crippen molar-refractivity contribution in [2.75, 3.05) is 4.90 Å². The molecule has 0 aliphatic heterocycles. The van der Waals surface area contributed by atoms with Gasteiger partial charge in [0.2, 0.25) is 0 Å². The minimum Gasteiger partial charge on any atom is -0.481 e. The molecule has 30 heavy (non-hydrogen) atoms. The van der Waals surface area contributed by atoms with Crippen LogP contribution in [0.4, 0.5) is 5.69 Å². The third-order valence-electron chi connectivity index (χ3n) is 5.95. The van der Waals surface area contributed by atoms with E-state index in [1.807, 2.05) is 44.2 Å². The number of aliphatic carboxylic acids is 1. The smallest absolute Gasteiger partial charge is 0.303 e. The SMILES string of the molecule is CCC(C)N(C(=O)c1ccc2c(c1)CC(CC(=O)O)CC2)c1ccc(C(=N)N)cc1. The fraction of sp³-hybridized carbons (Fsp3) is 0.375. The topological polar surface area (TPSA) is 107 Å². The average molecular weight is 408 g/mol. The van der Waals surface area contributed by atoms with Crippen molar-refractivity contribution in [3.63, 3.8) is 0 Å². The van der Waals surface area contributed by atoms with E-state index in [9.17, 15) is 9.59 Å². The van der Waals surface area contributed by atoms with Gasteiger partial charge in [0, 0.05) is 29.3 Å². The second-order valence-electron chi connectivity index (χ2n) is 8.08. The van der Waals surface area contributed by atoms with Gasteiger partial charge in [-0.3, -0.25) is 15.0 Å².